The van der Waals surface area contributed by atoms with E-state index >= 15 is 0 Å². The van der Waals surface area contributed by atoms with E-state index in [1.54, 1.807) is 21.1 Å². The Morgan fingerprint density at radius 3 is 2.53 bits per heavy atom. The van der Waals surface area contributed by atoms with E-state index in [1.165, 1.54) is 0 Å². The van der Waals surface area contributed by atoms with E-state index in [2.05, 4.69) is 5.32 Å². The van der Waals surface area contributed by atoms with Gasteiger partial charge >= 0.3 is 0 Å². The molecule has 2 N–H and O–H groups in total. The smallest absolute Gasteiger partial charge is 0.129 e. The number of hydrogen-bond acceptors (Lipinski definition) is 4. The van der Waals surface area contributed by atoms with Crippen LogP contribution in [0.1, 0.15) is 18.1 Å². The first-order valence-corrected chi connectivity index (χ1v) is 5.69. The largest absolute Gasteiger partial charge is 0.496 e. The zero-order valence-corrected chi connectivity index (χ0v) is 10.9. The Bertz CT molecular complexity index is 364. The molecule has 0 amide bonds. The van der Waals surface area contributed by atoms with Gasteiger partial charge in [0.05, 0.1) is 20.3 Å². The quantitative estimate of drug-likeness (QED) is 0.789. The van der Waals surface area contributed by atoms with Crippen LogP contribution in [0, 0.1) is 6.92 Å². The third-order valence-corrected chi connectivity index (χ3v) is 2.62. The number of hydrogen-bond donors (Lipinski definition) is 2. The fourth-order valence-electron chi connectivity index (χ4n) is 1.79. The highest BCUT2D eigenvalue weighted by Crippen LogP contribution is 2.31. The van der Waals surface area contributed by atoms with E-state index in [0.29, 0.717) is 13.1 Å². The molecule has 4 nitrogen and oxygen atoms in total. The molecule has 0 fully saturated rings. The molecule has 1 aromatic rings. The first kappa shape index (κ1) is 13.8. The first-order valence-electron chi connectivity index (χ1n) is 5.69. The second kappa shape index (κ2) is 6.47. The van der Waals surface area contributed by atoms with Crippen LogP contribution in [0.15, 0.2) is 12.1 Å². The minimum absolute atomic E-state index is 0.347. The fourth-order valence-corrected chi connectivity index (χ4v) is 1.79. The van der Waals surface area contributed by atoms with Gasteiger partial charge in [-0.15, -0.1) is 0 Å². The topological polar surface area (TPSA) is 50.7 Å². The van der Waals surface area contributed by atoms with Gasteiger partial charge in [0.1, 0.15) is 11.5 Å². The average Bonchev–Trinajstić information content (AvgIpc) is 2.29. The second-order valence-corrected chi connectivity index (χ2v) is 4.07. The van der Waals surface area contributed by atoms with Gasteiger partial charge in [0, 0.05) is 24.2 Å². The second-order valence-electron chi connectivity index (χ2n) is 4.07. The van der Waals surface area contributed by atoms with Crippen LogP contribution >= 0.6 is 0 Å². The Morgan fingerprint density at radius 1 is 1.29 bits per heavy atom. The third-order valence-electron chi connectivity index (χ3n) is 2.62. The van der Waals surface area contributed by atoms with Crippen molar-refractivity contribution in [1.82, 2.24) is 5.32 Å². The van der Waals surface area contributed by atoms with Crippen LogP contribution in [0.25, 0.3) is 0 Å². The molecular formula is C13H21NO3. The highest BCUT2D eigenvalue weighted by Gasteiger charge is 2.10. The van der Waals surface area contributed by atoms with Crippen molar-refractivity contribution in [1.29, 1.82) is 0 Å². The zero-order chi connectivity index (χ0) is 12.8. The zero-order valence-electron chi connectivity index (χ0n) is 10.9. The maximum atomic E-state index is 9.18. The lowest BCUT2D eigenvalue weighted by molar-refractivity contribution is 0.191. The fraction of sp³-hybridized carbons (Fsp3) is 0.538. The molecule has 0 saturated heterocycles. The van der Waals surface area contributed by atoms with Crippen LogP contribution < -0.4 is 14.8 Å². The van der Waals surface area contributed by atoms with Crippen LogP contribution in [0.2, 0.25) is 0 Å². The van der Waals surface area contributed by atoms with Gasteiger partial charge in [0.25, 0.3) is 0 Å². The van der Waals surface area contributed by atoms with Crippen molar-refractivity contribution in [3.05, 3.63) is 23.3 Å². The van der Waals surface area contributed by atoms with Crippen LogP contribution in [0.5, 0.6) is 11.5 Å². The summed E-state index contributed by atoms with van der Waals surface area (Å²) in [5, 5.41) is 12.3. The predicted octanol–water partition coefficient (Wildman–Crippen LogP) is 1.48. The van der Waals surface area contributed by atoms with Crippen LogP contribution in [0.3, 0.4) is 0 Å². The van der Waals surface area contributed by atoms with E-state index in [-0.39, 0.29) is 6.10 Å². The maximum Gasteiger partial charge on any atom is 0.129 e. The molecule has 1 rings (SSSR count). The lowest BCUT2D eigenvalue weighted by atomic mass is 10.1. The lowest BCUT2D eigenvalue weighted by Gasteiger charge is -2.15. The average molecular weight is 239 g/mol. The molecular weight excluding hydrogens is 218 g/mol. The summed E-state index contributed by atoms with van der Waals surface area (Å²) in [4.78, 5) is 0. The summed E-state index contributed by atoms with van der Waals surface area (Å²) in [6.45, 7) is 4.95. The predicted molar refractivity (Wildman–Crippen MR) is 67.7 cm³/mol. The minimum atomic E-state index is -0.347. The summed E-state index contributed by atoms with van der Waals surface area (Å²) >= 11 is 0. The molecule has 17 heavy (non-hydrogen) atoms. The van der Waals surface area contributed by atoms with Gasteiger partial charge in [0.2, 0.25) is 0 Å². The maximum absolute atomic E-state index is 9.18. The SMILES string of the molecule is COc1ccc(CNCC(C)O)c(OC)c1C. The summed E-state index contributed by atoms with van der Waals surface area (Å²) in [5.74, 6) is 1.66. The van der Waals surface area contributed by atoms with Crippen molar-refractivity contribution in [2.45, 2.75) is 26.5 Å². The Morgan fingerprint density at radius 2 is 2.00 bits per heavy atom. The van der Waals surface area contributed by atoms with Crippen molar-refractivity contribution in [2.24, 2.45) is 0 Å². The van der Waals surface area contributed by atoms with Crippen molar-refractivity contribution in [3.8, 4) is 11.5 Å². The number of rotatable bonds is 6. The summed E-state index contributed by atoms with van der Waals surface area (Å²) < 4.78 is 10.6. The first-order chi connectivity index (χ1) is 8.10. The highest BCUT2D eigenvalue weighted by molar-refractivity contribution is 5.49. The van der Waals surface area contributed by atoms with Gasteiger partial charge < -0.3 is 19.9 Å². The molecule has 1 atom stereocenters. The van der Waals surface area contributed by atoms with Crippen molar-refractivity contribution < 1.29 is 14.6 Å². The van der Waals surface area contributed by atoms with Gasteiger partial charge in [0.15, 0.2) is 0 Å². The van der Waals surface area contributed by atoms with Gasteiger partial charge in [-0.1, -0.05) is 6.07 Å². The molecule has 96 valence electrons. The third kappa shape index (κ3) is 3.61. The lowest BCUT2D eigenvalue weighted by Crippen LogP contribution is -2.24. The summed E-state index contributed by atoms with van der Waals surface area (Å²) in [5.41, 5.74) is 2.05. The molecule has 0 aliphatic heterocycles. The van der Waals surface area contributed by atoms with Gasteiger partial charge in [-0.25, -0.2) is 0 Å². The Balaban J connectivity index is 2.81. The van der Waals surface area contributed by atoms with Crippen molar-refractivity contribution in [3.63, 3.8) is 0 Å². The van der Waals surface area contributed by atoms with E-state index in [0.717, 1.165) is 22.6 Å². The van der Waals surface area contributed by atoms with Crippen molar-refractivity contribution in [2.75, 3.05) is 20.8 Å². The molecule has 4 heteroatoms. The molecule has 0 aromatic heterocycles. The monoisotopic (exact) mass is 239 g/mol. The van der Waals surface area contributed by atoms with Gasteiger partial charge in [-0.3, -0.25) is 0 Å². The molecule has 0 radical (unpaired) electrons. The molecule has 0 saturated carbocycles. The van der Waals surface area contributed by atoms with E-state index in [4.69, 9.17) is 9.47 Å². The number of nitrogens with one attached hydrogen (secondary N) is 1. The minimum Gasteiger partial charge on any atom is -0.496 e. The van der Waals surface area contributed by atoms with Crippen LogP contribution in [-0.2, 0) is 6.54 Å². The number of methoxy groups -OCH3 is 2. The molecule has 1 aromatic carbocycles. The van der Waals surface area contributed by atoms with E-state index in [9.17, 15) is 5.11 Å². The molecule has 0 aliphatic carbocycles. The van der Waals surface area contributed by atoms with Crippen molar-refractivity contribution >= 4 is 0 Å². The van der Waals surface area contributed by atoms with Crippen LogP contribution in [0.4, 0.5) is 0 Å². The summed E-state index contributed by atoms with van der Waals surface area (Å²) in [6.07, 6.45) is -0.347. The highest BCUT2D eigenvalue weighted by atomic mass is 16.5. The van der Waals surface area contributed by atoms with E-state index in [1.807, 2.05) is 19.1 Å². The summed E-state index contributed by atoms with van der Waals surface area (Å²) in [7, 11) is 3.30. The molecule has 0 aliphatic rings. The standard InChI is InChI=1S/C13H21NO3/c1-9(15)7-14-8-11-5-6-12(16-3)10(2)13(11)17-4/h5-6,9,14-15H,7-8H2,1-4H3. The van der Waals surface area contributed by atoms with E-state index < -0.39 is 0 Å². The Kier molecular flexibility index (Phi) is 5.25. The molecule has 1 unspecified atom stereocenters. The molecule has 0 heterocycles. The molecule has 0 bridgehead atoms. The number of ether oxygens (including phenoxy) is 2. The number of aliphatic hydroxyl groups is 1. The van der Waals surface area contributed by atoms with Crippen LogP contribution in [-0.4, -0.2) is 32.0 Å². The number of aliphatic hydroxyl groups excluding tert-OH is 1. The Hall–Kier alpha value is -1.26. The number of benzene rings is 1. The summed E-state index contributed by atoms with van der Waals surface area (Å²) in [6, 6.07) is 3.90. The molecule has 0 spiro atoms. The van der Waals surface area contributed by atoms with Gasteiger partial charge in [-0.05, 0) is 19.9 Å². The normalized spacial score (nSPS) is 12.3. The Labute approximate surface area is 103 Å². The van der Waals surface area contributed by atoms with Gasteiger partial charge in [-0.2, -0.15) is 0 Å².